The Morgan fingerprint density at radius 2 is 1.47 bits per heavy atom. The minimum atomic E-state index is -1.42. The molecule has 7 nitrogen and oxygen atoms in total. The highest BCUT2D eigenvalue weighted by Gasteiger charge is 2.39. The Morgan fingerprint density at radius 3 is 1.94 bits per heavy atom. The highest BCUT2D eigenvalue weighted by molar-refractivity contribution is 5.90. The maximum Gasteiger partial charge on any atom is 0.407 e. The summed E-state index contributed by atoms with van der Waals surface area (Å²) in [5.74, 6) is -1.70. The Labute approximate surface area is 201 Å². The van der Waals surface area contributed by atoms with Crippen LogP contribution in [0.25, 0.3) is 11.1 Å². The third-order valence-corrected chi connectivity index (χ3v) is 6.44. The second kappa shape index (κ2) is 9.49. The summed E-state index contributed by atoms with van der Waals surface area (Å²) in [6.45, 7) is 8.90. The number of carbonyl (C=O) groups is 3. The summed E-state index contributed by atoms with van der Waals surface area (Å²) in [4.78, 5) is 38.8. The normalized spacial score (nSPS) is 14.1. The summed E-state index contributed by atoms with van der Waals surface area (Å²) in [5, 5.41) is 12.2. The van der Waals surface area contributed by atoms with E-state index in [1.54, 1.807) is 0 Å². The summed E-state index contributed by atoms with van der Waals surface area (Å²) in [6, 6.07) is 15.2. The van der Waals surface area contributed by atoms with E-state index >= 15 is 0 Å². The van der Waals surface area contributed by atoms with Gasteiger partial charge >= 0.3 is 12.1 Å². The van der Waals surface area contributed by atoms with Gasteiger partial charge in [0.05, 0.1) is 0 Å². The number of aliphatic carboxylic acids is 1. The van der Waals surface area contributed by atoms with Crippen LogP contribution in [0.4, 0.5) is 4.79 Å². The fraction of sp³-hybridized carbons (Fsp3) is 0.444. The zero-order valence-electron chi connectivity index (χ0n) is 20.7. The molecule has 2 amide bonds. The molecule has 0 saturated carbocycles. The van der Waals surface area contributed by atoms with Gasteiger partial charge in [0.1, 0.15) is 18.2 Å². The molecule has 182 valence electrons. The maximum atomic E-state index is 13.2. The average Bonchev–Trinajstić information content (AvgIpc) is 3.09. The highest BCUT2D eigenvalue weighted by atomic mass is 16.5. The molecule has 3 rings (SSSR count). The van der Waals surface area contributed by atoms with Crippen LogP contribution in [0.15, 0.2) is 48.5 Å². The number of alkyl carbamates (subject to hydrolysis) is 1. The van der Waals surface area contributed by atoms with Gasteiger partial charge in [-0.15, -0.1) is 0 Å². The van der Waals surface area contributed by atoms with Crippen LogP contribution in [-0.4, -0.2) is 53.2 Å². The number of amides is 2. The van der Waals surface area contributed by atoms with Crippen molar-refractivity contribution in [1.29, 1.82) is 0 Å². The number of rotatable bonds is 7. The van der Waals surface area contributed by atoms with Crippen LogP contribution in [-0.2, 0) is 14.3 Å². The summed E-state index contributed by atoms with van der Waals surface area (Å²) < 4.78 is 5.61. The van der Waals surface area contributed by atoms with Gasteiger partial charge in [-0.05, 0) is 47.9 Å². The maximum absolute atomic E-state index is 13.2. The quantitative estimate of drug-likeness (QED) is 0.619. The van der Waals surface area contributed by atoms with E-state index in [2.05, 4.69) is 17.4 Å². The molecule has 0 heterocycles. The number of likely N-dealkylation sites (N-methyl/N-ethyl adjacent to an activating group) is 1. The second-order valence-electron chi connectivity index (χ2n) is 10.5. The number of nitrogens with zero attached hydrogens (tertiary/aromatic N) is 1. The van der Waals surface area contributed by atoms with Crippen molar-refractivity contribution < 1.29 is 24.2 Å². The first-order chi connectivity index (χ1) is 15.8. The van der Waals surface area contributed by atoms with Gasteiger partial charge in [0, 0.05) is 13.0 Å². The molecule has 0 aromatic heterocycles. The second-order valence-corrected chi connectivity index (χ2v) is 10.5. The molecule has 0 fully saturated rings. The average molecular weight is 467 g/mol. The van der Waals surface area contributed by atoms with Crippen molar-refractivity contribution in [1.82, 2.24) is 10.2 Å². The molecule has 1 aliphatic carbocycles. The molecule has 0 spiro atoms. The molecule has 2 aromatic rings. The van der Waals surface area contributed by atoms with Gasteiger partial charge < -0.3 is 20.1 Å². The number of carboxylic acids is 1. The standard InChI is InChI=1S/C27H34N2O5/c1-26(2,3)15-22(23(30)29(6)27(4,5)24(31)32)28-25(33)34-16-21-19-13-9-7-11-17(19)18-12-8-10-14-20(18)21/h7-14,21-22H,15-16H2,1-6H3,(H,28,33)(H,31,32). The Bertz CT molecular complexity index is 1040. The molecule has 1 atom stereocenters. The minimum absolute atomic E-state index is 0.0939. The van der Waals surface area contributed by atoms with Gasteiger partial charge in [0.2, 0.25) is 5.91 Å². The van der Waals surface area contributed by atoms with Crippen LogP contribution in [0.3, 0.4) is 0 Å². The van der Waals surface area contributed by atoms with Crippen molar-refractivity contribution in [2.24, 2.45) is 5.41 Å². The molecular formula is C27H34N2O5. The largest absolute Gasteiger partial charge is 0.480 e. The summed E-state index contributed by atoms with van der Waals surface area (Å²) in [7, 11) is 1.44. The predicted molar refractivity (Wildman–Crippen MR) is 131 cm³/mol. The molecule has 0 aliphatic heterocycles. The van der Waals surface area contributed by atoms with Gasteiger partial charge in [0.15, 0.2) is 0 Å². The lowest BCUT2D eigenvalue weighted by molar-refractivity contribution is -0.156. The van der Waals surface area contributed by atoms with Gasteiger partial charge in [-0.2, -0.15) is 0 Å². The first-order valence-corrected chi connectivity index (χ1v) is 11.5. The zero-order valence-corrected chi connectivity index (χ0v) is 20.7. The van der Waals surface area contributed by atoms with Crippen LogP contribution in [0.2, 0.25) is 0 Å². The summed E-state index contributed by atoms with van der Waals surface area (Å²) >= 11 is 0. The van der Waals surface area contributed by atoms with Crippen LogP contribution >= 0.6 is 0 Å². The van der Waals surface area contributed by atoms with E-state index in [1.807, 2.05) is 57.2 Å². The fourth-order valence-electron chi connectivity index (χ4n) is 4.25. The Balaban J connectivity index is 1.74. The lowest BCUT2D eigenvalue weighted by Crippen LogP contribution is -2.57. The number of fused-ring (bicyclic) bond motifs is 3. The van der Waals surface area contributed by atoms with Crippen molar-refractivity contribution in [2.45, 2.75) is 58.5 Å². The van der Waals surface area contributed by atoms with Crippen LogP contribution in [0.5, 0.6) is 0 Å². The first-order valence-electron chi connectivity index (χ1n) is 11.5. The number of ether oxygens (including phenoxy) is 1. The van der Waals surface area contributed by atoms with Crippen LogP contribution in [0.1, 0.15) is 58.1 Å². The third-order valence-electron chi connectivity index (χ3n) is 6.44. The fourth-order valence-corrected chi connectivity index (χ4v) is 4.25. The van der Waals surface area contributed by atoms with E-state index in [4.69, 9.17) is 4.74 Å². The monoisotopic (exact) mass is 466 g/mol. The number of nitrogens with one attached hydrogen (secondary N) is 1. The van der Waals surface area contributed by atoms with E-state index in [0.29, 0.717) is 6.42 Å². The van der Waals surface area contributed by atoms with Crippen molar-refractivity contribution in [3.8, 4) is 11.1 Å². The Morgan fingerprint density at radius 1 is 0.971 bits per heavy atom. The van der Waals surface area contributed by atoms with Gasteiger partial charge in [0.25, 0.3) is 0 Å². The molecule has 2 N–H and O–H groups in total. The number of carbonyl (C=O) groups excluding carboxylic acids is 2. The molecule has 34 heavy (non-hydrogen) atoms. The van der Waals surface area contributed by atoms with Gasteiger partial charge in [-0.1, -0.05) is 69.3 Å². The van der Waals surface area contributed by atoms with Crippen LogP contribution in [0, 0.1) is 5.41 Å². The molecular weight excluding hydrogens is 432 g/mol. The summed E-state index contributed by atoms with van der Waals surface area (Å²) in [6.07, 6.45) is -0.373. The lowest BCUT2D eigenvalue weighted by atomic mass is 9.87. The SMILES string of the molecule is CN(C(=O)C(CC(C)(C)C)NC(=O)OCC1c2ccccc2-c2ccccc21)C(C)(C)C(=O)O. The van der Waals surface area contributed by atoms with Gasteiger partial charge in [-0.3, -0.25) is 4.79 Å². The number of benzene rings is 2. The first kappa shape index (κ1) is 25.3. The molecule has 0 radical (unpaired) electrons. The Hall–Kier alpha value is -3.35. The lowest BCUT2D eigenvalue weighted by Gasteiger charge is -2.36. The predicted octanol–water partition coefficient (Wildman–Crippen LogP) is 4.65. The number of hydrogen-bond acceptors (Lipinski definition) is 4. The highest BCUT2D eigenvalue weighted by Crippen LogP contribution is 2.44. The summed E-state index contributed by atoms with van der Waals surface area (Å²) in [5.41, 5.74) is 2.75. The van der Waals surface area contributed by atoms with E-state index in [1.165, 1.54) is 20.9 Å². The smallest absolute Gasteiger partial charge is 0.407 e. The number of carboxylic acid groups (broad SMARTS) is 1. The van der Waals surface area contributed by atoms with E-state index in [9.17, 15) is 19.5 Å². The Kier molecular flexibility index (Phi) is 7.05. The minimum Gasteiger partial charge on any atom is -0.480 e. The van der Waals surface area contributed by atoms with E-state index < -0.39 is 29.6 Å². The van der Waals surface area contributed by atoms with Gasteiger partial charge in [-0.25, -0.2) is 9.59 Å². The van der Waals surface area contributed by atoms with E-state index in [-0.39, 0.29) is 17.9 Å². The third kappa shape index (κ3) is 5.24. The number of hydrogen-bond donors (Lipinski definition) is 2. The van der Waals surface area contributed by atoms with E-state index in [0.717, 1.165) is 27.2 Å². The van der Waals surface area contributed by atoms with Crippen molar-refractivity contribution in [3.63, 3.8) is 0 Å². The van der Waals surface area contributed by atoms with Crippen molar-refractivity contribution in [2.75, 3.05) is 13.7 Å². The van der Waals surface area contributed by atoms with Crippen molar-refractivity contribution >= 4 is 18.0 Å². The molecule has 7 heteroatoms. The topological polar surface area (TPSA) is 95.9 Å². The van der Waals surface area contributed by atoms with Crippen molar-refractivity contribution in [3.05, 3.63) is 59.7 Å². The molecule has 2 aromatic carbocycles. The molecule has 0 bridgehead atoms. The van der Waals surface area contributed by atoms with Crippen LogP contribution < -0.4 is 5.32 Å². The molecule has 1 aliphatic rings. The molecule has 1 unspecified atom stereocenters. The zero-order chi connectivity index (χ0) is 25.3. The molecule has 0 saturated heterocycles.